The van der Waals surface area contributed by atoms with E-state index in [9.17, 15) is 0 Å². The standard InChI is InChI=1S/C7H3BBrNS/c8-4-1-2-5-6(3-4)11-7(9)10-5/h1-3H. The lowest BCUT2D eigenvalue weighted by atomic mass is 9.97. The quantitative estimate of drug-likeness (QED) is 0.622. The Hall–Kier alpha value is -0.345. The monoisotopic (exact) mass is 223 g/mol. The van der Waals surface area contributed by atoms with Gasteiger partial charge >= 0.3 is 0 Å². The van der Waals surface area contributed by atoms with Gasteiger partial charge in [0.25, 0.3) is 0 Å². The molecule has 0 fully saturated rings. The second kappa shape index (κ2) is 2.61. The molecule has 52 valence electrons. The summed E-state index contributed by atoms with van der Waals surface area (Å²) in [5, 5.41) is 0. The number of nitrogens with zero attached hydrogens (tertiary/aromatic N) is 1. The van der Waals surface area contributed by atoms with E-state index in [1.165, 1.54) is 0 Å². The van der Waals surface area contributed by atoms with Crippen LogP contribution < -0.4 is 5.46 Å². The minimum atomic E-state index is 0.786. The Labute approximate surface area is 78.0 Å². The van der Waals surface area contributed by atoms with Gasteiger partial charge in [-0.25, -0.2) is 4.98 Å². The molecule has 0 aliphatic rings. The maximum absolute atomic E-state index is 5.60. The first kappa shape index (κ1) is 7.31. The highest BCUT2D eigenvalue weighted by atomic mass is 79.9. The van der Waals surface area contributed by atoms with Gasteiger partial charge < -0.3 is 0 Å². The van der Waals surface area contributed by atoms with Crippen LogP contribution in [0, 0.1) is 0 Å². The third-order valence-corrected chi connectivity index (χ3v) is 2.86. The highest BCUT2D eigenvalue weighted by Gasteiger charge is 1.99. The molecule has 1 nitrogen and oxygen atoms in total. The van der Waals surface area contributed by atoms with E-state index >= 15 is 0 Å². The van der Waals surface area contributed by atoms with Crippen LogP contribution in [0.3, 0.4) is 0 Å². The Kier molecular flexibility index (Phi) is 1.73. The summed E-state index contributed by atoms with van der Waals surface area (Å²) in [6.45, 7) is 0. The molecule has 0 bridgehead atoms. The van der Waals surface area contributed by atoms with E-state index in [0.717, 1.165) is 19.6 Å². The number of rotatable bonds is 0. The summed E-state index contributed by atoms with van der Waals surface area (Å²) in [4.78, 5) is 4.23. The molecule has 0 spiro atoms. The Morgan fingerprint density at radius 3 is 3.09 bits per heavy atom. The van der Waals surface area contributed by atoms with Crippen LogP contribution in [0.5, 0.6) is 0 Å². The second-order valence-corrected chi connectivity index (χ2v) is 4.50. The van der Waals surface area contributed by atoms with Gasteiger partial charge in [-0.2, -0.15) is 0 Å². The first-order chi connectivity index (χ1) is 5.25. The molecule has 0 atom stereocenters. The molecule has 1 aromatic carbocycles. The van der Waals surface area contributed by atoms with E-state index in [0.29, 0.717) is 0 Å². The summed E-state index contributed by atoms with van der Waals surface area (Å²) in [5.41, 5.74) is 1.78. The highest BCUT2D eigenvalue weighted by Crippen LogP contribution is 2.24. The molecule has 0 N–H and O–H groups in total. The summed E-state index contributed by atoms with van der Waals surface area (Å²) in [6, 6.07) is 5.71. The van der Waals surface area contributed by atoms with Crippen LogP contribution in [0.1, 0.15) is 0 Å². The molecular formula is C7H3BBrNS. The van der Waals surface area contributed by atoms with Gasteiger partial charge in [0, 0.05) is 0 Å². The summed E-state index contributed by atoms with van der Waals surface area (Å²) in [7, 11) is 5.60. The lowest BCUT2D eigenvalue weighted by Crippen LogP contribution is -1.98. The van der Waals surface area contributed by atoms with E-state index in [4.69, 9.17) is 7.85 Å². The second-order valence-electron chi connectivity index (χ2n) is 2.19. The number of aromatic nitrogens is 1. The molecule has 2 radical (unpaired) electrons. The molecule has 0 amide bonds. The molecule has 0 saturated carbocycles. The number of halogens is 1. The van der Waals surface area contributed by atoms with Crippen LogP contribution in [0.25, 0.3) is 10.2 Å². The first-order valence-corrected chi connectivity index (χ1v) is 4.68. The third-order valence-electron chi connectivity index (χ3n) is 1.39. The average molecular weight is 224 g/mol. The Balaban J connectivity index is 2.82. The lowest BCUT2D eigenvalue weighted by molar-refractivity contribution is 1.45. The van der Waals surface area contributed by atoms with Crippen LogP contribution in [0.2, 0.25) is 0 Å². The minimum absolute atomic E-state index is 0.786. The van der Waals surface area contributed by atoms with Crippen LogP contribution in [0.15, 0.2) is 22.1 Å². The number of hydrogen-bond donors (Lipinski definition) is 0. The van der Waals surface area contributed by atoms with Crippen LogP contribution in [-0.2, 0) is 0 Å². The molecule has 2 aromatic rings. The Bertz CT molecular complexity index is 398. The number of fused-ring (bicyclic) bond motifs is 1. The molecule has 4 heteroatoms. The van der Waals surface area contributed by atoms with Crippen LogP contribution in [-0.4, -0.2) is 12.8 Å². The van der Waals surface area contributed by atoms with E-state index in [1.54, 1.807) is 11.3 Å². The van der Waals surface area contributed by atoms with Crippen molar-refractivity contribution in [1.82, 2.24) is 4.98 Å². The van der Waals surface area contributed by atoms with E-state index < -0.39 is 0 Å². The zero-order chi connectivity index (χ0) is 7.84. The molecule has 11 heavy (non-hydrogen) atoms. The Morgan fingerprint density at radius 2 is 2.27 bits per heavy atom. The SMILES string of the molecule is [B]c1ccc2nc(Br)sc2c1. The van der Waals surface area contributed by atoms with Crippen molar-refractivity contribution < 1.29 is 0 Å². The van der Waals surface area contributed by atoms with Gasteiger partial charge in [-0.3, -0.25) is 0 Å². The van der Waals surface area contributed by atoms with Gasteiger partial charge in [0.05, 0.1) is 10.2 Å². The van der Waals surface area contributed by atoms with Crippen molar-refractivity contribution in [2.75, 3.05) is 0 Å². The maximum atomic E-state index is 5.60. The fraction of sp³-hybridized carbons (Fsp3) is 0. The first-order valence-electron chi connectivity index (χ1n) is 3.07. The molecule has 0 aliphatic carbocycles. The maximum Gasteiger partial charge on any atom is 0.160 e. The molecule has 0 saturated heterocycles. The van der Waals surface area contributed by atoms with Gasteiger partial charge in [0.15, 0.2) is 3.92 Å². The van der Waals surface area contributed by atoms with Crippen molar-refractivity contribution >= 4 is 50.8 Å². The van der Waals surface area contributed by atoms with E-state index in [1.807, 2.05) is 18.2 Å². The number of thiazole rings is 1. The Morgan fingerprint density at radius 1 is 1.45 bits per heavy atom. The topological polar surface area (TPSA) is 12.9 Å². The van der Waals surface area contributed by atoms with Crippen LogP contribution in [0.4, 0.5) is 0 Å². The highest BCUT2D eigenvalue weighted by molar-refractivity contribution is 9.11. The normalized spacial score (nSPS) is 10.6. The minimum Gasteiger partial charge on any atom is -0.229 e. The van der Waals surface area contributed by atoms with Gasteiger partial charge in [-0.15, -0.1) is 11.3 Å². The van der Waals surface area contributed by atoms with E-state index in [-0.39, 0.29) is 0 Å². The zero-order valence-electron chi connectivity index (χ0n) is 5.54. The molecule has 0 unspecified atom stereocenters. The van der Waals surface area contributed by atoms with Crippen molar-refractivity contribution in [3.63, 3.8) is 0 Å². The van der Waals surface area contributed by atoms with Crippen LogP contribution >= 0.6 is 27.3 Å². The summed E-state index contributed by atoms with van der Waals surface area (Å²) < 4.78 is 2.02. The number of hydrogen-bond acceptors (Lipinski definition) is 2. The molecule has 1 aromatic heterocycles. The van der Waals surface area contributed by atoms with Crippen molar-refractivity contribution in [3.05, 3.63) is 22.1 Å². The van der Waals surface area contributed by atoms with E-state index in [2.05, 4.69) is 20.9 Å². The molecular weight excluding hydrogens is 221 g/mol. The van der Waals surface area contributed by atoms with Crippen molar-refractivity contribution in [3.8, 4) is 0 Å². The van der Waals surface area contributed by atoms with Crippen molar-refractivity contribution in [2.24, 2.45) is 0 Å². The molecule has 2 rings (SSSR count). The lowest BCUT2D eigenvalue weighted by Gasteiger charge is -1.88. The fourth-order valence-electron chi connectivity index (χ4n) is 0.913. The largest absolute Gasteiger partial charge is 0.229 e. The summed E-state index contributed by atoms with van der Waals surface area (Å²) >= 11 is 4.91. The third kappa shape index (κ3) is 1.33. The average Bonchev–Trinajstić information content (AvgIpc) is 2.27. The smallest absolute Gasteiger partial charge is 0.160 e. The summed E-state index contributed by atoms with van der Waals surface area (Å²) in [5.74, 6) is 0. The molecule has 1 heterocycles. The van der Waals surface area contributed by atoms with Gasteiger partial charge in [-0.05, 0) is 28.1 Å². The molecule has 0 aliphatic heterocycles. The van der Waals surface area contributed by atoms with Crippen molar-refractivity contribution in [1.29, 1.82) is 0 Å². The number of benzene rings is 1. The van der Waals surface area contributed by atoms with Gasteiger partial charge in [-0.1, -0.05) is 11.5 Å². The van der Waals surface area contributed by atoms with Gasteiger partial charge in [0.1, 0.15) is 7.85 Å². The summed E-state index contributed by atoms with van der Waals surface area (Å²) in [6.07, 6.45) is 0. The predicted molar refractivity (Wildman–Crippen MR) is 52.7 cm³/mol. The van der Waals surface area contributed by atoms with Gasteiger partial charge in [0.2, 0.25) is 0 Å². The van der Waals surface area contributed by atoms with Crippen molar-refractivity contribution in [2.45, 2.75) is 0 Å². The predicted octanol–water partition coefficient (Wildman–Crippen LogP) is 1.85. The fourth-order valence-corrected chi connectivity index (χ4v) is 2.37. The zero-order valence-corrected chi connectivity index (χ0v) is 7.95.